The summed E-state index contributed by atoms with van der Waals surface area (Å²) in [5.41, 5.74) is 1.33. The van der Waals surface area contributed by atoms with E-state index in [1.165, 1.54) is 25.3 Å². The van der Waals surface area contributed by atoms with Crippen LogP contribution in [0.2, 0.25) is 0 Å². The fourth-order valence-corrected chi connectivity index (χ4v) is 3.02. The second-order valence-electron chi connectivity index (χ2n) is 6.32. The van der Waals surface area contributed by atoms with Crippen LogP contribution in [0.4, 0.5) is 10.1 Å². The number of ether oxygens (including phenoxy) is 1. The second kappa shape index (κ2) is 8.51. The van der Waals surface area contributed by atoms with Gasteiger partial charge in [-0.3, -0.25) is 14.4 Å². The standard InChI is InChI=1S/C20H20FN3O4/c1-28-14-4-2-3-12(9-14)19(26)22-7-8-23-20(27)16-11-18(25)24-17-10-13(21)5-6-15(16)17/h2-6,9-10,16H,7-8,11H2,1H3,(H,22,26)(H,23,27)(H,24,25). The summed E-state index contributed by atoms with van der Waals surface area (Å²) in [7, 11) is 1.52. The van der Waals surface area contributed by atoms with Crippen molar-refractivity contribution in [2.75, 3.05) is 25.5 Å². The molecule has 1 aliphatic heterocycles. The quantitative estimate of drug-likeness (QED) is 0.661. The molecule has 7 nitrogen and oxygen atoms in total. The Bertz CT molecular complexity index is 916. The minimum Gasteiger partial charge on any atom is -0.497 e. The fourth-order valence-electron chi connectivity index (χ4n) is 3.02. The SMILES string of the molecule is COc1cccc(C(=O)NCCNC(=O)C2CC(=O)Nc3cc(F)ccc32)c1. The van der Waals surface area contributed by atoms with E-state index in [0.29, 0.717) is 22.6 Å². The summed E-state index contributed by atoms with van der Waals surface area (Å²) in [4.78, 5) is 36.4. The molecule has 2 aromatic rings. The average Bonchev–Trinajstić information content (AvgIpc) is 2.69. The fraction of sp³-hybridized carbons (Fsp3) is 0.250. The molecule has 0 aromatic heterocycles. The monoisotopic (exact) mass is 385 g/mol. The molecule has 1 atom stereocenters. The lowest BCUT2D eigenvalue weighted by molar-refractivity contribution is -0.126. The molecule has 0 saturated heterocycles. The number of hydrogen-bond donors (Lipinski definition) is 3. The van der Waals surface area contributed by atoms with Gasteiger partial charge in [0.25, 0.3) is 5.91 Å². The summed E-state index contributed by atoms with van der Waals surface area (Å²) in [5.74, 6) is -1.58. The van der Waals surface area contributed by atoms with Crippen LogP contribution in [0, 0.1) is 5.82 Å². The lowest BCUT2D eigenvalue weighted by Gasteiger charge is -2.24. The van der Waals surface area contributed by atoms with Gasteiger partial charge in [-0.25, -0.2) is 4.39 Å². The molecule has 8 heteroatoms. The lowest BCUT2D eigenvalue weighted by Crippen LogP contribution is -2.39. The molecule has 2 aromatic carbocycles. The first kappa shape index (κ1) is 19.3. The van der Waals surface area contributed by atoms with Gasteiger partial charge in [0.2, 0.25) is 11.8 Å². The van der Waals surface area contributed by atoms with Gasteiger partial charge in [-0.15, -0.1) is 0 Å². The van der Waals surface area contributed by atoms with E-state index in [-0.39, 0.29) is 37.2 Å². The Morgan fingerprint density at radius 1 is 1.18 bits per heavy atom. The van der Waals surface area contributed by atoms with Crippen molar-refractivity contribution in [3.8, 4) is 5.75 Å². The molecule has 1 aliphatic rings. The second-order valence-corrected chi connectivity index (χ2v) is 6.32. The number of rotatable bonds is 6. The highest BCUT2D eigenvalue weighted by atomic mass is 19.1. The molecule has 3 N–H and O–H groups in total. The van der Waals surface area contributed by atoms with Gasteiger partial charge in [0.1, 0.15) is 11.6 Å². The zero-order chi connectivity index (χ0) is 20.1. The average molecular weight is 385 g/mol. The van der Waals surface area contributed by atoms with Crippen LogP contribution in [0.3, 0.4) is 0 Å². The predicted molar refractivity (Wildman–Crippen MR) is 101 cm³/mol. The number of amides is 3. The first-order valence-electron chi connectivity index (χ1n) is 8.77. The Labute approximate surface area is 161 Å². The van der Waals surface area contributed by atoms with Crippen LogP contribution in [0.1, 0.15) is 28.3 Å². The van der Waals surface area contributed by atoms with E-state index in [0.717, 1.165) is 0 Å². The number of fused-ring (bicyclic) bond motifs is 1. The maximum absolute atomic E-state index is 13.4. The third kappa shape index (κ3) is 4.46. The van der Waals surface area contributed by atoms with Gasteiger partial charge in [0.05, 0.1) is 13.0 Å². The summed E-state index contributed by atoms with van der Waals surface area (Å²) in [6.45, 7) is 0.417. The molecule has 0 bridgehead atoms. The van der Waals surface area contributed by atoms with Gasteiger partial charge >= 0.3 is 0 Å². The molecule has 0 aliphatic carbocycles. The van der Waals surface area contributed by atoms with Crippen LogP contribution in [-0.4, -0.2) is 37.9 Å². The Kier molecular flexibility index (Phi) is 5.88. The molecule has 1 unspecified atom stereocenters. The van der Waals surface area contributed by atoms with E-state index >= 15 is 0 Å². The molecule has 28 heavy (non-hydrogen) atoms. The number of nitrogens with one attached hydrogen (secondary N) is 3. The van der Waals surface area contributed by atoms with E-state index in [2.05, 4.69) is 16.0 Å². The van der Waals surface area contributed by atoms with Crippen molar-refractivity contribution < 1.29 is 23.5 Å². The zero-order valence-corrected chi connectivity index (χ0v) is 15.3. The number of halogens is 1. The minimum atomic E-state index is -0.696. The maximum atomic E-state index is 13.4. The Morgan fingerprint density at radius 3 is 2.75 bits per heavy atom. The molecule has 146 valence electrons. The van der Waals surface area contributed by atoms with Crippen molar-refractivity contribution in [1.82, 2.24) is 10.6 Å². The van der Waals surface area contributed by atoms with Crippen molar-refractivity contribution >= 4 is 23.4 Å². The van der Waals surface area contributed by atoms with Crippen LogP contribution in [0.5, 0.6) is 5.75 Å². The van der Waals surface area contributed by atoms with Crippen molar-refractivity contribution in [2.24, 2.45) is 0 Å². The molecule has 0 saturated carbocycles. The smallest absolute Gasteiger partial charge is 0.251 e. The highest BCUT2D eigenvalue weighted by Gasteiger charge is 2.30. The number of anilines is 1. The summed E-state index contributed by atoms with van der Waals surface area (Å²) in [5, 5.41) is 7.98. The first-order chi connectivity index (χ1) is 13.5. The summed E-state index contributed by atoms with van der Waals surface area (Å²) < 4.78 is 18.4. The van der Waals surface area contributed by atoms with Crippen LogP contribution in [0.15, 0.2) is 42.5 Å². The van der Waals surface area contributed by atoms with Gasteiger partial charge in [-0.05, 0) is 35.9 Å². The topological polar surface area (TPSA) is 96.5 Å². The molecular weight excluding hydrogens is 365 g/mol. The summed E-state index contributed by atoms with van der Waals surface area (Å²) in [6, 6.07) is 10.7. The maximum Gasteiger partial charge on any atom is 0.251 e. The van der Waals surface area contributed by atoms with Crippen LogP contribution < -0.4 is 20.7 Å². The largest absolute Gasteiger partial charge is 0.497 e. The molecule has 0 spiro atoms. The van der Waals surface area contributed by atoms with E-state index in [9.17, 15) is 18.8 Å². The summed E-state index contributed by atoms with van der Waals surface area (Å²) >= 11 is 0. The molecule has 1 heterocycles. The van der Waals surface area contributed by atoms with Crippen LogP contribution >= 0.6 is 0 Å². The van der Waals surface area contributed by atoms with E-state index in [4.69, 9.17) is 4.74 Å². The normalized spacial score (nSPS) is 15.2. The lowest BCUT2D eigenvalue weighted by atomic mass is 9.89. The van der Waals surface area contributed by atoms with Crippen molar-refractivity contribution in [3.63, 3.8) is 0 Å². The van der Waals surface area contributed by atoms with E-state index in [1.807, 2.05) is 0 Å². The number of carbonyl (C=O) groups excluding carboxylic acids is 3. The van der Waals surface area contributed by atoms with Gasteiger partial charge in [0, 0.05) is 30.8 Å². The number of benzene rings is 2. The first-order valence-corrected chi connectivity index (χ1v) is 8.77. The molecule has 3 amide bonds. The number of hydrogen-bond acceptors (Lipinski definition) is 4. The third-order valence-electron chi connectivity index (χ3n) is 4.41. The van der Waals surface area contributed by atoms with Crippen molar-refractivity contribution in [2.45, 2.75) is 12.3 Å². The highest BCUT2D eigenvalue weighted by Crippen LogP contribution is 2.32. The zero-order valence-electron chi connectivity index (χ0n) is 15.3. The molecule has 0 radical (unpaired) electrons. The Hall–Kier alpha value is -3.42. The van der Waals surface area contributed by atoms with Crippen LogP contribution in [-0.2, 0) is 9.59 Å². The molecule has 3 rings (SSSR count). The van der Waals surface area contributed by atoms with E-state index < -0.39 is 11.7 Å². The third-order valence-corrected chi connectivity index (χ3v) is 4.41. The van der Waals surface area contributed by atoms with Crippen LogP contribution in [0.25, 0.3) is 0 Å². The molecule has 0 fully saturated rings. The minimum absolute atomic E-state index is 0.0133. The highest BCUT2D eigenvalue weighted by molar-refractivity contribution is 6.01. The van der Waals surface area contributed by atoms with Gasteiger partial charge in [-0.2, -0.15) is 0 Å². The van der Waals surface area contributed by atoms with Crippen molar-refractivity contribution in [3.05, 3.63) is 59.4 Å². The Morgan fingerprint density at radius 2 is 1.96 bits per heavy atom. The summed E-state index contributed by atoms with van der Waals surface area (Å²) in [6.07, 6.45) is -0.0133. The van der Waals surface area contributed by atoms with E-state index in [1.54, 1.807) is 24.3 Å². The van der Waals surface area contributed by atoms with Crippen molar-refractivity contribution in [1.29, 1.82) is 0 Å². The Balaban J connectivity index is 1.53. The number of methoxy groups -OCH3 is 1. The molecular formula is C20H20FN3O4. The number of carbonyl (C=O) groups is 3. The van der Waals surface area contributed by atoms with Gasteiger partial charge < -0.3 is 20.7 Å². The van der Waals surface area contributed by atoms with Gasteiger partial charge in [-0.1, -0.05) is 12.1 Å². The predicted octanol–water partition coefficient (Wildman–Crippen LogP) is 1.81. The van der Waals surface area contributed by atoms with Gasteiger partial charge in [0.15, 0.2) is 0 Å².